The predicted octanol–water partition coefficient (Wildman–Crippen LogP) is -0.786. The summed E-state index contributed by atoms with van der Waals surface area (Å²) in [6.07, 6.45) is -1.03. The minimum atomic E-state index is -1.24. The minimum absolute atomic E-state index is 0.0756. The van der Waals surface area contributed by atoms with E-state index in [-0.39, 0.29) is 12.4 Å². The SMILES string of the molecule is CCSCC[C@H](NC[C@H]1O[C@@H](n2cnc3c(N)ncnc32)[C@H](O)[C@@H]1O)C(=O)O. The molecule has 154 valence electrons. The summed E-state index contributed by atoms with van der Waals surface area (Å²) in [5.74, 6) is 0.859. The molecule has 1 aliphatic heterocycles. The summed E-state index contributed by atoms with van der Waals surface area (Å²) in [6.45, 7) is 2.09. The standard InChI is InChI=1S/C16H24N6O5S/c1-2-28-4-3-8(16(25)26)18-5-9-11(23)12(24)15(27-9)22-7-21-10-13(17)19-6-20-14(10)22/h6-9,11-12,15,18,23-24H,2-5H2,1H3,(H,25,26)(H2,17,19,20)/t8-,9+,11+,12+,15+/m0/s1. The van der Waals surface area contributed by atoms with Gasteiger partial charge in [-0.2, -0.15) is 11.8 Å². The maximum Gasteiger partial charge on any atom is 0.320 e. The van der Waals surface area contributed by atoms with Crippen molar-refractivity contribution in [2.75, 3.05) is 23.8 Å². The lowest BCUT2D eigenvalue weighted by atomic mass is 10.1. The first-order valence-electron chi connectivity index (χ1n) is 8.92. The number of hydrogen-bond acceptors (Lipinski definition) is 10. The Bertz CT molecular complexity index is 820. The van der Waals surface area contributed by atoms with Crippen molar-refractivity contribution in [3.63, 3.8) is 0 Å². The molecule has 3 rings (SSSR count). The molecule has 0 amide bonds. The number of ether oxygens (including phenoxy) is 1. The highest BCUT2D eigenvalue weighted by Crippen LogP contribution is 2.31. The van der Waals surface area contributed by atoms with Gasteiger partial charge in [0.15, 0.2) is 17.7 Å². The number of fused-ring (bicyclic) bond motifs is 1. The van der Waals surface area contributed by atoms with Gasteiger partial charge >= 0.3 is 5.97 Å². The molecule has 0 bridgehead atoms. The van der Waals surface area contributed by atoms with Crippen LogP contribution in [0.3, 0.4) is 0 Å². The molecule has 2 aromatic rings. The van der Waals surface area contributed by atoms with Crippen LogP contribution < -0.4 is 11.1 Å². The van der Waals surface area contributed by atoms with Crippen LogP contribution in [0.15, 0.2) is 12.7 Å². The number of carboxylic acid groups (broad SMARTS) is 1. The number of rotatable bonds is 9. The third-order valence-electron chi connectivity index (χ3n) is 4.62. The van der Waals surface area contributed by atoms with E-state index in [1.54, 1.807) is 11.8 Å². The van der Waals surface area contributed by atoms with Crippen molar-refractivity contribution >= 4 is 34.7 Å². The highest BCUT2D eigenvalue weighted by Gasteiger charge is 2.44. The van der Waals surface area contributed by atoms with E-state index in [0.717, 1.165) is 5.75 Å². The number of aliphatic hydroxyl groups excluding tert-OH is 2. The average molecular weight is 412 g/mol. The van der Waals surface area contributed by atoms with Gasteiger partial charge in [-0.05, 0) is 17.9 Å². The highest BCUT2D eigenvalue weighted by molar-refractivity contribution is 7.99. The van der Waals surface area contributed by atoms with Gasteiger partial charge in [-0.25, -0.2) is 15.0 Å². The molecule has 1 saturated heterocycles. The lowest BCUT2D eigenvalue weighted by Crippen LogP contribution is -2.44. The molecule has 3 heterocycles. The maximum absolute atomic E-state index is 11.4. The topological polar surface area (TPSA) is 169 Å². The molecule has 0 aliphatic carbocycles. The second-order valence-corrected chi connectivity index (χ2v) is 7.81. The fraction of sp³-hybridized carbons (Fsp3) is 0.625. The predicted molar refractivity (Wildman–Crippen MR) is 103 cm³/mol. The Morgan fingerprint density at radius 2 is 2.18 bits per heavy atom. The Balaban J connectivity index is 1.68. The van der Waals surface area contributed by atoms with E-state index in [9.17, 15) is 20.1 Å². The molecule has 6 N–H and O–H groups in total. The summed E-state index contributed by atoms with van der Waals surface area (Å²) in [7, 11) is 0. The van der Waals surface area contributed by atoms with Crippen molar-refractivity contribution in [2.24, 2.45) is 0 Å². The monoisotopic (exact) mass is 412 g/mol. The average Bonchev–Trinajstić information content (AvgIpc) is 3.21. The zero-order chi connectivity index (χ0) is 20.3. The minimum Gasteiger partial charge on any atom is -0.480 e. The maximum atomic E-state index is 11.4. The van der Waals surface area contributed by atoms with E-state index in [1.807, 2.05) is 6.92 Å². The van der Waals surface area contributed by atoms with Crippen LogP contribution in [0.2, 0.25) is 0 Å². The molecule has 1 fully saturated rings. The normalized spacial score (nSPS) is 26.0. The summed E-state index contributed by atoms with van der Waals surface area (Å²) >= 11 is 1.66. The highest BCUT2D eigenvalue weighted by atomic mass is 32.2. The first-order chi connectivity index (χ1) is 13.4. The lowest BCUT2D eigenvalue weighted by Gasteiger charge is -2.19. The van der Waals surface area contributed by atoms with Crippen molar-refractivity contribution in [2.45, 2.75) is 43.9 Å². The third-order valence-corrected chi connectivity index (χ3v) is 5.55. The number of aromatic nitrogens is 4. The van der Waals surface area contributed by atoms with Gasteiger partial charge in [-0.15, -0.1) is 0 Å². The van der Waals surface area contributed by atoms with E-state index in [1.165, 1.54) is 17.2 Å². The van der Waals surface area contributed by atoms with Crippen LogP contribution in [0.25, 0.3) is 11.2 Å². The van der Waals surface area contributed by atoms with Gasteiger partial charge in [0.25, 0.3) is 0 Å². The molecule has 11 nitrogen and oxygen atoms in total. The number of hydrogen-bond donors (Lipinski definition) is 5. The summed E-state index contributed by atoms with van der Waals surface area (Å²) in [6, 6.07) is -0.757. The van der Waals surface area contributed by atoms with Crippen molar-refractivity contribution in [1.82, 2.24) is 24.8 Å². The van der Waals surface area contributed by atoms with Gasteiger partial charge in [0, 0.05) is 6.54 Å². The Kier molecular flexibility index (Phi) is 6.67. The second kappa shape index (κ2) is 9.01. The number of nitrogens with zero attached hydrogens (tertiary/aromatic N) is 4. The molecule has 0 saturated carbocycles. The van der Waals surface area contributed by atoms with Crippen LogP contribution in [0.4, 0.5) is 5.82 Å². The van der Waals surface area contributed by atoms with Gasteiger partial charge in [0.2, 0.25) is 0 Å². The van der Waals surface area contributed by atoms with Crippen LogP contribution >= 0.6 is 11.8 Å². The number of anilines is 1. The number of aliphatic hydroxyl groups is 2. The van der Waals surface area contributed by atoms with E-state index in [2.05, 4.69) is 20.3 Å². The van der Waals surface area contributed by atoms with Gasteiger partial charge in [-0.3, -0.25) is 9.36 Å². The van der Waals surface area contributed by atoms with Gasteiger partial charge < -0.3 is 31.1 Å². The number of thioether (sulfide) groups is 1. The van der Waals surface area contributed by atoms with E-state index in [4.69, 9.17) is 10.5 Å². The lowest BCUT2D eigenvalue weighted by molar-refractivity contribution is -0.139. The number of carbonyl (C=O) groups is 1. The molecule has 0 aromatic carbocycles. The summed E-state index contributed by atoms with van der Waals surface area (Å²) in [5.41, 5.74) is 6.51. The summed E-state index contributed by atoms with van der Waals surface area (Å²) < 4.78 is 7.28. The zero-order valence-electron chi connectivity index (χ0n) is 15.3. The van der Waals surface area contributed by atoms with Crippen LogP contribution in [0, 0.1) is 0 Å². The molecular weight excluding hydrogens is 388 g/mol. The molecule has 2 aromatic heterocycles. The molecule has 0 radical (unpaired) electrons. The van der Waals surface area contributed by atoms with Crippen LogP contribution in [0.1, 0.15) is 19.6 Å². The van der Waals surface area contributed by atoms with E-state index >= 15 is 0 Å². The first kappa shape index (κ1) is 20.7. The van der Waals surface area contributed by atoms with Crippen molar-refractivity contribution in [3.8, 4) is 0 Å². The Morgan fingerprint density at radius 3 is 2.89 bits per heavy atom. The molecule has 12 heteroatoms. The number of nitrogens with one attached hydrogen (secondary N) is 1. The Morgan fingerprint density at radius 1 is 1.39 bits per heavy atom. The van der Waals surface area contributed by atoms with Crippen LogP contribution in [-0.4, -0.2) is 83.2 Å². The second-order valence-electron chi connectivity index (χ2n) is 6.41. The van der Waals surface area contributed by atoms with Gasteiger partial charge in [0.05, 0.1) is 6.33 Å². The largest absolute Gasteiger partial charge is 0.480 e. The smallest absolute Gasteiger partial charge is 0.320 e. The number of nitrogen functional groups attached to an aromatic ring is 1. The van der Waals surface area contributed by atoms with Gasteiger partial charge in [-0.1, -0.05) is 6.92 Å². The Hall–Kier alpha value is -1.99. The van der Waals surface area contributed by atoms with E-state index in [0.29, 0.717) is 23.3 Å². The fourth-order valence-electron chi connectivity index (χ4n) is 3.10. The molecule has 0 unspecified atom stereocenters. The van der Waals surface area contributed by atoms with E-state index < -0.39 is 36.6 Å². The third kappa shape index (κ3) is 4.20. The quantitative estimate of drug-likeness (QED) is 0.327. The first-order valence-corrected chi connectivity index (χ1v) is 10.1. The van der Waals surface area contributed by atoms with Crippen LogP contribution in [-0.2, 0) is 9.53 Å². The van der Waals surface area contributed by atoms with Gasteiger partial charge in [0.1, 0.15) is 36.2 Å². The number of carboxylic acids is 1. The molecule has 1 aliphatic rings. The van der Waals surface area contributed by atoms with Crippen molar-refractivity contribution in [1.29, 1.82) is 0 Å². The van der Waals surface area contributed by atoms with Crippen molar-refractivity contribution < 1.29 is 24.9 Å². The molecule has 0 spiro atoms. The fourth-order valence-corrected chi connectivity index (χ4v) is 3.79. The van der Waals surface area contributed by atoms with Crippen LogP contribution in [0.5, 0.6) is 0 Å². The zero-order valence-corrected chi connectivity index (χ0v) is 16.1. The number of aliphatic carboxylic acids is 1. The Labute approximate surface area is 165 Å². The summed E-state index contributed by atoms with van der Waals surface area (Å²) in [4.78, 5) is 23.5. The summed E-state index contributed by atoms with van der Waals surface area (Å²) in [5, 5.41) is 33.0. The van der Waals surface area contributed by atoms with Crippen molar-refractivity contribution in [3.05, 3.63) is 12.7 Å². The molecule has 5 atom stereocenters. The number of nitrogens with two attached hydrogens (primary N) is 1. The molecule has 28 heavy (non-hydrogen) atoms. The molecular formula is C16H24N6O5S. The number of imidazole rings is 1.